The van der Waals surface area contributed by atoms with Gasteiger partial charge in [0.15, 0.2) is 5.58 Å². The molecule has 2 aromatic rings. The predicted octanol–water partition coefficient (Wildman–Crippen LogP) is 1.26. The molecule has 0 spiro atoms. The van der Waals surface area contributed by atoms with E-state index in [-0.39, 0.29) is 28.5 Å². The van der Waals surface area contributed by atoms with Gasteiger partial charge < -0.3 is 9.52 Å². The summed E-state index contributed by atoms with van der Waals surface area (Å²) in [6, 6.07) is 2.74. The Morgan fingerprint density at radius 2 is 2.13 bits per heavy atom. The Morgan fingerprint density at radius 1 is 1.43 bits per heavy atom. The van der Waals surface area contributed by atoms with Gasteiger partial charge in [-0.1, -0.05) is 6.92 Å². The minimum Gasteiger partial charge on any atom is -0.408 e. The largest absolute Gasteiger partial charge is 0.417 e. The van der Waals surface area contributed by atoms with Crippen LogP contribution in [-0.2, 0) is 10.0 Å². The van der Waals surface area contributed by atoms with Crippen LogP contribution in [0, 0.1) is 12.8 Å². The summed E-state index contributed by atoms with van der Waals surface area (Å²) in [5, 5.41) is 9.42. The highest BCUT2D eigenvalue weighted by atomic mass is 32.2. The third-order valence-corrected chi connectivity index (χ3v) is 6.10. The summed E-state index contributed by atoms with van der Waals surface area (Å²) in [5.41, 5.74) is 1.22. The molecule has 0 saturated heterocycles. The maximum absolute atomic E-state index is 12.7. The van der Waals surface area contributed by atoms with Crippen molar-refractivity contribution in [3.8, 4) is 0 Å². The predicted molar refractivity (Wildman–Crippen MR) is 84.7 cm³/mol. The molecule has 7 nitrogen and oxygen atoms in total. The number of nitrogens with one attached hydrogen (secondary N) is 2. The Kier molecular flexibility index (Phi) is 4.07. The van der Waals surface area contributed by atoms with Crippen molar-refractivity contribution < 1.29 is 17.9 Å². The molecule has 8 heteroatoms. The number of aliphatic hydroxyl groups excluding tert-OH is 1. The molecule has 1 saturated carbocycles. The Bertz CT molecular complexity index is 877. The van der Waals surface area contributed by atoms with Gasteiger partial charge in [-0.3, -0.25) is 4.98 Å². The van der Waals surface area contributed by atoms with Crippen LogP contribution in [0.4, 0.5) is 0 Å². The fourth-order valence-corrected chi connectivity index (χ4v) is 4.74. The fourth-order valence-electron chi connectivity index (χ4n) is 3.11. The molecule has 0 aliphatic heterocycles. The highest BCUT2D eigenvalue weighted by Crippen LogP contribution is 2.32. The molecule has 0 unspecified atom stereocenters. The Labute approximate surface area is 133 Å². The third kappa shape index (κ3) is 3.06. The summed E-state index contributed by atoms with van der Waals surface area (Å²) in [6.07, 6.45) is 1.56. The van der Waals surface area contributed by atoms with Gasteiger partial charge in [0.1, 0.15) is 0 Å². The number of aliphatic hydroxyl groups is 1. The number of H-pyrrole nitrogens is 1. The molecule has 1 fully saturated rings. The molecule has 3 N–H and O–H groups in total. The van der Waals surface area contributed by atoms with E-state index in [0.717, 1.165) is 0 Å². The van der Waals surface area contributed by atoms with Crippen LogP contribution in [0.2, 0.25) is 0 Å². The van der Waals surface area contributed by atoms with Crippen LogP contribution < -0.4 is 10.5 Å². The zero-order valence-corrected chi connectivity index (χ0v) is 13.8. The molecule has 0 amide bonds. The monoisotopic (exact) mass is 340 g/mol. The number of hydrogen-bond donors (Lipinski definition) is 3. The normalized spacial score (nSPS) is 22.9. The molecule has 126 valence electrons. The lowest BCUT2D eigenvalue weighted by Crippen LogP contribution is -2.46. The van der Waals surface area contributed by atoms with Crippen molar-refractivity contribution in [3.05, 3.63) is 28.2 Å². The molecular weight excluding hydrogens is 320 g/mol. The number of rotatable bonds is 5. The van der Waals surface area contributed by atoms with Crippen molar-refractivity contribution in [2.45, 2.75) is 50.2 Å². The number of aryl methyl sites for hydroxylation is 1. The summed E-state index contributed by atoms with van der Waals surface area (Å²) in [6.45, 7) is 3.59. The second-order valence-electron chi connectivity index (χ2n) is 6.15. The molecule has 1 aromatic heterocycles. The molecular formula is C15H20N2O5S. The van der Waals surface area contributed by atoms with Crippen LogP contribution in [0.3, 0.4) is 0 Å². The highest BCUT2D eigenvalue weighted by molar-refractivity contribution is 7.89. The summed E-state index contributed by atoms with van der Waals surface area (Å²) < 4.78 is 33.1. The zero-order valence-electron chi connectivity index (χ0n) is 13.0. The van der Waals surface area contributed by atoms with E-state index in [0.29, 0.717) is 30.3 Å². The lowest BCUT2D eigenvalue weighted by molar-refractivity contribution is 0.0277. The number of aromatic nitrogens is 1. The van der Waals surface area contributed by atoms with Crippen molar-refractivity contribution >= 4 is 21.1 Å². The zero-order chi connectivity index (χ0) is 16.8. The molecule has 1 aliphatic rings. The number of sulfonamides is 1. The average Bonchev–Trinajstić information content (AvgIpc) is 2.79. The van der Waals surface area contributed by atoms with Crippen LogP contribution >= 0.6 is 0 Å². The molecule has 0 bridgehead atoms. The first-order chi connectivity index (χ1) is 10.8. The smallest absolute Gasteiger partial charge is 0.408 e. The first kappa shape index (κ1) is 16.2. The van der Waals surface area contributed by atoms with Crippen molar-refractivity contribution in [1.82, 2.24) is 9.71 Å². The van der Waals surface area contributed by atoms with Crippen molar-refractivity contribution in [2.24, 2.45) is 5.92 Å². The van der Waals surface area contributed by atoms with E-state index in [1.54, 1.807) is 13.0 Å². The lowest BCUT2D eigenvalue weighted by atomic mass is 9.77. The summed E-state index contributed by atoms with van der Waals surface area (Å²) in [5.74, 6) is -0.462. The average molecular weight is 340 g/mol. The summed E-state index contributed by atoms with van der Waals surface area (Å²) in [4.78, 5) is 13.8. The van der Waals surface area contributed by atoms with E-state index >= 15 is 0 Å². The van der Waals surface area contributed by atoms with E-state index in [9.17, 15) is 18.3 Å². The van der Waals surface area contributed by atoms with E-state index < -0.39 is 15.8 Å². The molecule has 23 heavy (non-hydrogen) atoms. The van der Waals surface area contributed by atoms with Gasteiger partial charge in [-0.15, -0.1) is 0 Å². The topological polar surface area (TPSA) is 112 Å². The molecule has 1 heterocycles. The van der Waals surface area contributed by atoms with Crippen LogP contribution in [0.25, 0.3) is 11.1 Å². The van der Waals surface area contributed by atoms with Gasteiger partial charge in [-0.25, -0.2) is 17.9 Å². The summed E-state index contributed by atoms with van der Waals surface area (Å²) >= 11 is 0. The van der Waals surface area contributed by atoms with Crippen LogP contribution in [0.5, 0.6) is 0 Å². The molecule has 1 aromatic carbocycles. The minimum atomic E-state index is -3.73. The standard InChI is InChI=1S/C15H20N2O5S/c1-3-11(9-5-10(18)6-9)17-23(20,21)14-7-13-12(4-8(14)2)16-15(19)22-13/h4,7,9-11,17-18H,3,5-6H2,1-2H3,(H,16,19)/t9?,10?,11-/m1/s1. The van der Waals surface area contributed by atoms with Crippen molar-refractivity contribution in [1.29, 1.82) is 0 Å². The van der Waals surface area contributed by atoms with Crippen LogP contribution in [-0.4, -0.2) is 30.7 Å². The fraction of sp³-hybridized carbons (Fsp3) is 0.533. The van der Waals surface area contributed by atoms with E-state index in [1.165, 1.54) is 6.07 Å². The van der Waals surface area contributed by atoms with Crippen LogP contribution in [0.15, 0.2) is 26.2 Å². The number of oxazole rings is 1. The number of benzene rings is 1. The molecule has 1 aliphatic carbocycles. The van der Waals surface area contributed by atoms with Gasteiger partial charge in [0.2, 0.25) is 10.0 Å². The lowest BCUT2D eigenvalue weighted by Gasteiger charge is -2.37. The van der Waals surface area contributed by atoms with Gasteiger partial charge in [-0.05, 0) is 43.7 Å². The molecule has 3 rings (SSSR count). The SMILES string of the molecule is CC[C@@H](NS(=O)(=O)c1cc2oc(=O)[nH]c2cc1C)C1CC(O)C1. The molecule has 0 radical (unpaired) electrons. The minimum absolute atomic E-state index is 0.103. The second kappa shape index (κ2) is 5.77. The van der Waals surface area contributed by atoms with Crippen molar-refractivity contribution in [2.75, 3.05) is 0 Å². The Balaban J connectivity index is 1.92. The maximum Gasteiger partial charge on any atom is 0.417 e. The van der Waals surface area contributed by atoms with Crippen molar-refractivity contribution in [3.63, 3.8) is 0 Å². The number of aromatic amines is 1. The Hall–Kier alpha value is -1.64. The van der Waals surface area contributed by atoms with E-state index in [4.69, 9.17) is 4.42 Å². The number of hydrogen-bond acceptors (Lipinski definition) is 5. The van der Waals surface area contributed by atoms with E-state index in [1.807, 2.05) is 6.92 Å². The van der Waals surface area contributed by atoms with Gasteiger partial charge in [0.25, 0.3) is 0 Å². The van der Waals surface area contributed by atoms with Gasteiger partial charge in [0, 0.05) is 12.1 Å². The third-order valence-electron chi connectivity index (χ3n) is 4.47. The first-order valence-electron chi connectivity index (χ1n) is 7.64. The maximum atomic E-state index is 12.7. The summed E-state index contributed by atoms with van der Waals surface area (Å²) in [7, 11) is -3.73. The molecule has 1 atom stereocenters. The Morgan fingerprint density at radius 3 is 2.74 bits per heavy atom. The van der Waals surface area contributed by atoms with E-state index in [2.05, 4.69) is 9.71 Å². The quantitative estimate of drug-likeness (QED) is 0.758. The van der Waals surface area contributed by atoms with Gasteiger partial charge >= 0.3 is 5.76 Å². The first-order valence-corrected chi connectivity index (χ1v) is 9.12. The van der Waals surface area contributed by atoms with Gasteiger partial charge in [-0.2, -0.15) is 0 Å². The van der Waals surface area contributed by atoms with Gasteiger partial charge in [0.05, 0.1) is 16.5 Å². The van der Waals surface area contributed by atoms with Crippen LogP contribution in [0.1, 0.15) is 31.7 Å². The second-order valence-corrected chi connectivity index (χ2v) is 7.83. The highest BCUT2D eigenvalue weighted by Gasteiger charge is 2.35. The number of fused-ring (bicyclic) bond motifs is 1.